The van der Waals surface area contributed by atoms with Crippen molar-refractivity contribution in [2.24, 2.45) is 0 Å². The van der Waals surface area contributed by atoms with Crippen LogP contribution in [0.25, 0.3) is 0 Å². The zero-order chi connectivity index (χ0) is 15.8. The molecule has 1 fully saturated rings. The number of benzene rings is 1. The third-order valence-electron chi connectivity index (χ3n) is 3.27. The van der Waals surface area contributed by atoms with Crippen molar-refractivity contribution in [2.45, 2.75) is 25.4 Å². The van der Waals surface area contributed by atoms with Crippen molar-refractivity contribution < 1.29 is 14.0 Å². The fourth-order valence-electron chi connectivity index (χ4n) is 2.31. The first-order chi connectivity index (χ1) is 10.4. The van der Waals surface area contributed by atoms with Crippen molar-refractivity contribution >= 4 is 17.5 Å². The normalized spacial score (nSPS) is 23.4. The highest BCUT2D eigenvalue weighted by Crippen LogP contribution is 2.27. The van der Waals surface area contributed by atoms with E-state index in [0.29, 0.717) is 5.02 Å². The molecule has 0 bridgehead atoms. The number of carbonyl (C=O) groups excluding carboxylic acids is 1. The van der Waals surface area contributed by atoms with Crippen LogP contribution in [0.4, 0.5) is 0 Å². The van der Waals surface area contributed by atoms with Crippen LogP contribution in [0.5, 0.6) is 0 Å². The van der Waals surface area contributed by atoms with Crippen LogP contribution in [0.3, 0.4) is 0 Å². The molecule has 1 unspecified atom stereocenters. The lowest BCUT2D eigenvalue weighted by Gasteiger charge is -2.30. The van der Waals surface area contributed by atoms with E-state index in [1.165, 1.54) is 6.26 Å². The van der Waals surface area contributed by atoms with Gasteiger partial charge >= 0.3 is 0 Å². The Morgan fingerprint density at radius 1 is 1.23 bits per heavy atom. The molecule has 0 spiro atoms. The molecule has 2 heterocycles. The molecule has 3 N–H and O–H groups in total. The van der Waals surface area contributed by atoms with Crippen molar-refractivity contribution in [1.82, 2.24) is 16.1 Å². The molecule has 22 heavy (non-hydrogen) atoms. The van der Waals surface area contributed by atoms with Gasteiger partial charge in [-0.3, -0.25) is 9.63 Å². The Hall–Kier alpha value is -1.86. The van der Waals surface area contributed by atoms with Crippen LogP contribution in [-0.2, 0) is 10.6 Å². The number of halogens is 1. The lowest BCUT2D eigenvalue weighted by atomic mass is 10.1. The quantitative estimate of drug-likeness (QED) is 0.809. The summed E-state index contributed by atoms with van der Waals surface area (Å²) in [6, 6.07) is 10.3. The van der Waals surface area contributed by atoms with Gasteiger partial charge in [0.05, 0.1) is 6.26 Å². The summed E-state index contributed by atoms with van der Waals surface area (Å²) >= 11 is 5.93. The third-order valence-corrected chi connectivity index (χ3v) is 3.52. The monoisotopic (exact) mass is 321 g/mol. The predicted molar refractivity (Wildman–Crippen MR) is 80.7 cm³/mol. The zero-order valence-electron chi connectivity index (χ0n) is 12.1. The lowest BCUT2D eigenvalue weighted by Crippen LogP contribution is -2.61. The molecule has 1 aromatic carbocycles. The zero-order valence-corrected chi connectivity index (χ0v) is 12.9. The summed E-state index contributed by atoms with van der Waals surface area (Å²) in [7, 11) is 0. The average Bonchev–Trinajstić information content (AvgIpc) is 3.08. The standard InChI is InChI=1S/C15H16ClN3O3/c1-14(2)18-15(19-22-14,10-5-7-11(16)8-6-10)17-13(20)12-4-3-9-21-12/h3-9,18-19H,1-2H3,(H,17,20). The predicted octanol–water partition coefficient (Wildman–Crippen LogP) is 2.33. The van der Waals surface area contributed by atoms with Gasteiger partial charge in [0, 0.05) is 10.6 Å². The number of amides is 1. The lowest BCUT2D eigenvalue weighted by molar-refractivity contribution is -0.0465. The first kappa shape index (κ1) is 15.1. The van der Waals surface area contributed by atoms with Gasteiger partial charge in [-0.2, -0.15) is 5.48 Å². The van der Waals surface area contributed by atoms with E-state index in [0.717, 1.165) is 5.56 Å². The maximum atomic E-state index is 12.4. The Kier molecular flexibility index (Phi) is 3.70. The summed E-state index contributed by atoms with van der Waals surface area (Å²) in [5, 5.41) is 6.69. The number of furan rings is 1. The number of hydroxylamine groups is 1. The molecule has 1 atom stereocenters. The highest BCUT2D eigenvalue weighted by atomic mass is 35.5. The maximum Gasteiger partial charge on any atom is 0.289 e. The van der Waals surface area contributed by atoms with Gasteiger partial charge in [-0.15, -0.1) is 0 Å². The molecule has 1 amide bonds. The van der Waals surface area contributed by atoms with Crippen LogP contribution in [-0.4, -0.2) is 11.6 Å². The molecule has 0 radical (unpaired) electrons. The smallest absolute Gasteiger partial charge is 0.289 e. The van der Waals surface area contributed by atoms with Crippen molar-refractivity contribution in [2.75, 3.05) is 0 Å². The summed E-state index contributed by atoms with van der Waals surface area (Å²) < 4.78 is 5.13. The molecule has 0 saturated carbocycles. The van der Waals surface area contributed by atoms with Crippen molar-refractivity contribution in [3.05, 3.63) is 59.0 Å². The van der Waals surface area contributed by atoms with Gasteiger partial charge in [0.2, 0.25) is 0 Å². The largest absolute Gasteiger partial charge is 0.459 e. The van der Waals surface area contributed by atoms with Gasteiger partial charge < -0.3 is 9.73 Å². The molecule has 6 nitrogen and oxygen atoms in total. The topological polar surface area (TPSA) is 75.5 Å². The second kappa shape index (κ2) is 5.40. The van der Waals surface area contributed by atoms with E-state index >= 15 is 0 Å². The molecule has 3 rings (SSSR count). The molecule has 1 aliphatic heterocycles. The van der Waals surface area contributed by atoms with Crippen molar-refractivity contribution in [3.63, 3.8) is 0 Å². The number of hydrogen-bond acceptors (Lipinski definition) is 5. The molecule has 2 aromatic rings. The minimum atomic E-state index is -1.09. The van der Waals surface area contributed by atoms with Gasteiger partial charge in [-0.1, -0.05) is 23.7 Å². The molecule has 1 aromatic heterocycles. The van der Waals surface area contributed by atoms with E-state index in [1.807, 2.05) is 13.8 Å². The van der Waals surface area contributed by atoms with Crippen LogP contribution in [0.15, 0.2) is 47.1 Å². The second-order valence-corrected chi connectivity index (χ2v) is 5.96. The number of nitrogens with one attached hydrogen (secondary N) is 3. The molecule has 1 saturated heterocycles. The summed E-state index contributed by atoms with van der Waals surface area (Å²) in [6.45, 7) is 3.69. The highest BCUT2D eigenvalue weighted by Gasteiger charge is 2.46. The van der Waals surface area contributed by atoms with Crippen LogP contribution < -0.4 is 16.1 Å². The fourth-order valence-corrected chi connectivity index (χ4v) is 2.43. The minimum absolute atomic E-state index is 0.210. The van der Waals surface area contributed by atoms with E-state index in [2.05, 4.69) is 16.1 Å². The first-order valence-electron chi connectivity index (χ1n) is 6.77. The van der Waals surface area contributed by atoms with Crippen LogP contribution in [0, 0.1) is 0 Å². The van der Waals surface area contributed by atoms with E-state index in [1.54, 1.807) is 36.4 Å². The van der Waals surface area contributed by atoms with Gasteiger partial charge in [0.15, 0.2) is 11.5 Å². The van der Waals surface area contributed by atoms with Crippen LogP contribution in [0.1, 0.15) is 30.0 Å². The van der Waals surface area contributed by atoms with Gasteiger partial charge in [-0.25, -0.2) is 5.32 Å². The Labute approximate surface area is 132 Å². The van der Waals surface area contributed by atoms with E-state index < -0.39 is 11.5 Å². The van der Waals surface area contributed by atoms with E-state index in [-0.39, 0.29) is 11.7 Å². The molecule has 1 aliphatic rings. The van der Waals surface area contributed by atoms with Gasteiger partial charge in [0.25, 0.3) is 5.91 Å². The van der Waals surface area contributed by atoms with Gasteiger partial charge in [0.1, 0.15) is 5.72 Å². The molecule has 116 valence electrons. The minimum Gasteiger partial charge on any atom is -0.459 e. The average molecular weight is 322 g/mol. The van der Waals surface area contributed by atoms with Crippen molar-refractivity contribution in [3.8, 4) is 0 Å². The highest BCUT2D eigenvalue weighted by molar-refractivity contribution is 6.30. The second-order valence-electron chi connectivity index (χ2n) is 5.53. The number of carbonyl (C=O) groups is 1. The van der Waals surface area contributed by atoms with Gasteiger partial charge in [-0.05, 0) is 38.1 Å². The Bertz CT molecular complexity index is 670. The summed E-state index contributed by atoms with van der Waals surface area (Å²) in [6.07, 6.45) is 1.44. The Balaban J connectivity index is 1.94. The summed E-state index contributed by atoms with van der Waals surface area (Å²) in [4.78, 5) is 17.9. The fraction of sp³-hybridized carbons (Fsp3) is 0.267. The number of hydrogen-bond donors (Lipinski definition) is 3. The van der Waals surface area contributed by atoms with Crippen LogP contribution in [0.2, 0.25) is 5.02 Å². The molecular weight excluding hydrogens is 306 g/mol. The summed E-state index contributed by atoms with van der Waals surface area (Å²) in [5.41, 5.74) is 2.94. The molecule has 7 heteroatoms. The van der Waals surface area contributed by atoms with E-state index in [9.17, 15) is 4.79 Å². The first-order valence-corrected chi connectivity index (χ1v) is 7.15. The molecule has 0 aliphatic carbocycles. The van der Waals surface area contributed by atoms with Crippen molar-refractivity contribution in [1.29, 1.82) is 0 Å². The Morgan fingerprint density at radius 3 is 2.50 bits per heavy atom. The maximum absolute atomic E-state index is 12.4. The summed E-state index contributed by atoms with van der Waals surface area (Å²) in [5.74, 6) is -1.25. The number of rotatable bonds is 3. The molecular formula is C15H16ClN3O3. The Morgan fingerprint density at radius 2 is 1.95 bits per heavy atom. The SMILES string of the molecule is CC1(C)NC(NC(=O)c2ccco2)(c2ccc(Cl)cc2)NO1. The van der Waals surface area contributed by atoms with E-state index in [4.69, 9.17) is 20.9 Å². The van der Waals surface area contributed by atoms with Crippen LogP contribution >= 0.6 is 11.6 Å². The third kappa shape index (κ3) is 2.86.